The molecule has 0 radical (unpaired) electrons. The number of nitrogens with zero attached hydrogens (tertiary/aromatic N) is 4. The van der Waals surface area contributed by atoms with Crippen LogP contribution in [0.2, 0.25) is 0 Å². The van der Waals surface area contributed by atoms with Crippen LogP contribution in [0, 0.1) is 6.92 Å². The molecule has 0 atom stereocenters. The standard InChI is InChI=1S/C7H10N4/c1-6-4-11(3)10-7(6)9-5-8-2/h4-5H,2H2,1,3H3. The van der Waals surface area contributed by atoms with Gasteiger partial charge in [-0.3, -0.25) is 9.67 Å². The van der Waals surface area contributed by atoms with Crippen molar-refractivity contribution in [2.45, 2.75) is 6.92 Å². The first-order chi connectivity index (χ1) is 5.24. The van der Waals surface area contributed by atoms with E-state index in [1.54, 1.807) is 4.68 Å². The van der Waals surface area contributed by atoms with Crippen LogP contribution in [0.15, 0.2) is 16.2 Å². The van der Waals surface area contributed by atoms with Crippen molar-refractivity contribution in [2.24, 2.45) is 17.0 Å². The smallest absolute Gasteiger partial charge is 0.178 e. The maximum atomic E-state index is 4.08. The number of hydrogen-bond donors (Lipinski definition) is 0. The van der Waals surface area contributed by atoms with E-state index < -0.39 is 0 Å². The Bertz CT molecular complexity index is 285. The molecule has 0 spiro atoms. The largest absolute Gasteiger partial charge is 0.273 e. The molecule has 0 unspecified atom stereocenters. The van der Waals surface area contributed by atoms with Gasteiger partial charge in [0.2, 0.25) is 0 Å². The van der Waals surface area contributed by atoms with Crippen LogP contribution in [0.1, 0.15) is 5.56 Å². The molecule has 1 aromatic heterocycles. The monoisotopic (exact) mass is 150 g/mol. The molecule has 58 valence electrons. The van der Waals surface area contributed by atoms with Gasteiger partial charge in [0.25, 0.3) is 0 Å². The summed E-state index contributed by atoms with van der Waals surface area (Å²) in [5.41, 5.74) is 1.03. The van der Waals surface area contributed by atoms with E-state index in [1.165, 1.54) is 6.34 Å². The highest BCUT2D eigenvalue weighted by Gasteiger charge is 1.98. The lowest BCUT2D eigenvalue weighted by atomic mass is 10.4. The molecule has 0 saturated carbocycles. The Morgan fingerprint density at radius 2 is 2.45 bits per heavy atom. The molecule has 1 rings (SSSR count). The molecule has 0 bridgehead atoms. The molecule has 0 N–H and O–H groups in total. The van der Waals surface area contributed by atoms with Crippen LogP contribution in [0.4, 0.5) is 5.82 Å². The minimum atomic E-state index is 0.694. The van der Waals surface area contributed by atoms with E-state index in [1.807, 2.05) is 20.2 Å². The highest BCUT2D eigenvalue weighted by atomic mass is 15.3. The lowest BCUT2D eigenvalue weighted by Gasteiger charge is -1.83. The minimum Gasteiger partial charge on any atom is -0.273 e. The normalized spacial score (nSPS) is 10.7. The van der Waals surface area contributed by atoms with Crippen LogP contribution in [-0.2, 0) is 7.05 Å². The second-order valence-electron chi connectivity index (χ2n) is 2.24. The third-order valence-electron chi connectivity index (χ3n) is 1.25. The van der Waals surface area contributed by atoms with Gasteiger partial charge in [-0.2, -0.15) is 5.10 Å². The first-order valence-corrected chi connectivity index (χ1v) is 3.22. The number of aryl methyl sites for hydroxylation is 2. The zero-order valence-electron chi connectivity index (χ0n) is 6.65. The Balaban J connectivity index is 2.93. The Labute approximate surface area is 65.3 Å². The van der Waals surface area contributed by atoms with Crippen molar-refractivity contribution >= 4 is 18.9 Å². The highest BCUT2D eigenvalue weighted by molar-refractivity contribution is 5.65. The number of aromatic nitrogens is 2. The lowest BCUT2D eigenvalue weighted by Crippen LogP contribution is -1.84. The summed E-state index contributed by atoms with van der Waals surface area (Å²) in [7, 11) is 1.85. The van der Waals surface area contributed by atoms with Gasteiger partial charge in [0.05, 0.1) is 0 Å². The van der Waals surface area contributed by atoms with Gasteiger partial charge in [-0.25, -0.2) is 4.99 Å². The predicted molar refractivity (Wildman–Crippen MR) is 45.6 cm³/mol. The Morgan fingerprint density at radius 1 is 1.73 bits per heavy atom. The third kappa shape index (κ3) is 1.73. The van der Waals surface area contributed by atoms with E-state index in [2.05, 4.69) is 21.8 Å². The van der Waals surface area contributed by atoms with E-state index in [0.717, 1.165) is 5.56 Å². The summed E-state index contributed by atoms with van der Waals surface area (Å²) in [5, 5.41) is 4.08. The molecule has 0 aromatic carbocycles. The quantitative estimate of drug-likeness (QED) is 0.459. The van der Waals surface area contributed by atoms with Crippen molar-refractivity contribution in [3.05, 3.63) is 11.8 Å². The molecule has 11 heavy (non-hydrogen) atoms. The van der Waals surface area contributed by atoms with Crippen LogP contribution >= 0.6 is 0 Å². The first kappa shape index (κ1) is 7.65. The van der Waals surface area contributed by atoms with E-state index in [9.17, 15) is 0 Å². The average molecular weight is 150 g/mol. The fourth-order valence-electron chi connectivity index (χ4n) is 0.818. The van der Waals surface area contributed by atoms with Crippen molar-refractivity contribution in [1.82, 2.24) is 9.78 Å². The van der Waals surface area contributed by atoms with Gasteiger partial charge in [0, 0.05) is 18.8 Å². The molecule has 4 heteroatoms. The minimum absolute atomic E-state index is 0.694. The summed E-state index contributed by atoms with van der Waals surface area (Å²) in [6, 6.07) is 0. The number of hydrogen-bond acceptors (Lipinski definition) is 2. The summed E-state index contributed by atoms with van der Waals surface area (Å²) < 4.78 is 1.71. The molecule has 0 amide bonds. The van der Waals surface area contributed by atoms with E-state index in [-0.39, 0.29) is 0 Å². The first-order valence-electron chi connectivity index (χ1n) is 3.22. The highest BCUT2D eigenvalue weighted by Crippen LogP contribution is 2.12. The molecule has 1 heterocycles. The maximum Gasteiger partial charge on any atom is 0.178 e. The van der Waals surface area contributed by atoms with Crippen molar-refractivity contribution in [1.29, 1.82) is 0 Å². The van der Waals surface area contributed by atoms with Gasteiger partial charge in [-0.15, -0.1) is 0 Å². The van der Waals surface area contributed by atoms with E-state index in [4.69, 9.17) is 0 Å². The van der Waals surface area contributed by atoms with Gasteiger partial charge >= 0.3 is 0 Å². The van der Waals surface area contributed by atoms with Crippen molar-refractivity contribution in [3.8, 4) is 0 Å². The topological polar surface area (TPSA) is 42.5 Å². The molecule has 0 fully saturated rings. The summed E-state index contributed by atoms with van der Waals surface area (Å²) in [6.07, 6.45) is 3.28. The molecule has 0 aliphatic heterocycles. The van der Waals surface area contributed by atoms with E-state index >= 15 is 0 Å². The Hall–Kier alpha value is -1.45. The van der Waals surface area contributed by atoms with Gasteiger partial charge < -0.3 is 0 Å². The molecule has 0 aliphatic carbocycles. The third-order valence-corrected chi connectivity index (χ3v) is 1.25. The molecule has 0 saturated heterocycles. The van der Waals surface area contributed by atoms with Crippen LogP contribution in [0.25, 0.3) is 0 Å². The summed E-state index contributed by atoms with van der Waals surface area (Å²) >= 11 is 0. The van der Waals surface area contributed by atoms with Crippen LogP contribution in [0.3, 0.4) is 0 Å². The molecular weight excluding hydrogens is 140 g/mol. The summed E-state index contributed by atoms with van der Waals surface area (Å²) in [5.74, 6) is 0.694. The SMILES string of the molecule is C=NC=Nc1nn(C)cc1C. The molecule has 0 aliphatic rings. The zero-order chi connectivity index (χ0) is 8.27. The molecule has 4 nitrogen and oxygen atoms in total. The Kier molecular flexibility index (Phi) is 2.15. The lowest BCUT2D eigenvalue weighted by molar-refractivity contribution is 0.768. The van der Waals surface area contributed by atoms with Gasteiger partial charge in [-0.05, 0) is 13.6 Å². The summed E-state index contributed by atoms with van der Waals surface area (Å²) in [4.78, 5) is 7.45. The predicted octanol–water partition coefficient (Wildman–Crippen LogP) is 1.09. The van der Waals surface area contributed by atoms with Crippen LogP contribution in [0.5, 0.6) is 0 Å². The molecular formula is C7H10N4. The van der Waals surface area contributed by atoms with Crippen molar-refractivity contribution < 1.29 is 0 Å². The fourth-order valence-corrected chi connectivity index (χ4v) is 0.818. The maximum absolute atomic E-state index is 4.08. The second kappa shape index (κ2) is 3.09. The number of aliphatic imine (C=N–C) groups is 2. The van der Waals surface area contributed by atoms with Crippen molar-refractivity contribution in [3.63, 3.8) is 0 Å². The Morgan fingerprint density at radius 3 is 2.91 bits per heavy atom. The zero-order valence-corrected chi connectivity index (χ0v) is 6.65. The van der Waals surface area contributed by atoms with Gasteiger partial charge in [0.15, 0.2) is 5.82 Å². The van der Waals surface area contributed by atoms with Crippen LogP contribution < -0.4 is 0 Å². The van der Waals surface area contributed by atoms with Gasteiger partial charge in [0.1, 0.15) is 6.34 Å². The molecule has 1 aromatic rings. The van der Waals surface area contributed by atoms with Crippen LogP contribution in [-0.4, -0.2) is 22.8 Å². The average Bonchev–Trinajstić information content (AvgIpc) is 2.26. The van der Waals surface area contributed by atoms with Crippen molar-refractivity contribution in [2.75, 3.05) is 0 Å². The summed E-state index contributed by atoms with van der Waals surface area (Å²) in [6.45, 7) is 5.23. The second-order valence-corrected chi connectivity index (χ2v) is 2.24. The van der Waals surface area contributed by atoms with E-state index in [0.29, 0.717) is 5.82 Å². The van der Waals surface area contributed by atoms with Gasteiger partial charge in [-0.1, -0.05) is 0 Å². The fraction of sp³-hybridized carbons (Fsp3) is 0.286. The number of rotatable bonds is 2.